The van der Waals surface area contributed by atoms with Gasteiger partial charge >= 0.3 is 11.9 Å². The summed E-state index contributed by atoms with van der Waals surface area (Å²) >= 11 is 0. The number of hydrogen-bond acceptors (Lipinski definition) is 4. The Bertz CT molecular complexity index is 404. The molecule has 0 saturated carbocycles. The number of rotatable bonds is 3. The van der Waals surface area contributed by atoms with Crippen molar-refractivity contribution in [2.24, 2.45) is 0 Å². The topological polar surface area (TPSA) is 52.6 Å². The molecule has 84 valence electrons. The van der Waals surface area contributed by atoms with Crippen LogP contribution in [0.15, 0.2) is 30.3 Å². The second kappa shape index (κ2) is 5.70. The van der Waals surface area contributed by atoms with Crippen molar-refractivity contribution in [2.45, 2.75) is 0 Å². The van der Waals surface area contributed by atoms with Crippen LogP contribution in [-0.4, -0.2) is 26.2 Å². The van der Waals surface area contributed by atoms with E-state index in [1.807, 2.05) is 0 Å². The average molecular weight is 220 g/mol. The lowest BCUT2D eigenvalue weighted by molar-refractivity contribution is -0.134. The fourth-order valence-electron chi connectivity index (χ4n) is 1.08. The monoisotopic (exact) mass is 220 g/mol. The lowest BCUT2D eigenvalue weighted by atomic mass is 10.1. The third-order valence-electron chi connectivity index (χ3n) is 1.94. The van der Waals surface area contributed by atoms with Gasteiger partial charge < -0.3 is 9.47 Å². The average Bonchev–Trinajstić information content (AvgIpc) is 2.35. The van der Waals surface area contributed by atoms with Crippen LogP contribution in [0, 0.1) is 0 Å². The van der Waals surface area contributed by atoms with Crippen LogP contribution in [0.25, 0.3) is 6.08 Å². The molecule has 0 aromatic heterocycles. The van der Waals surface area contributed by atoms with Crippen molar-refractivity contribution in [3.05, 3.63) is 41.5 Å². The van der Waals surface area contributed by atoms with E-state index in [0.717, 1.165) is 5.56 Å². The summed E-state index contributed by atoms with van der Waals surface area (Å²) < 4.78 is 9.01. The van der Waals surface area contributed by atoms with Crippen LogP contribution >= 0.6 is 0 Å². The predicted molar refractivity (Wildman–Crippen MR) is 58.8 cm³/mol. The highest BCUT2D eigenvalue weighted by Crippen LogP contribution is 2.07. The third kappa shape index (κ3) is 3.24. The smallest absolute Gasteiger partial charge is 0.337 e. The molecule has 4 heteroatoms. The van der Waals surface area contributed by atoms with E-state index in [1.54, 1.807) is 30.3 Å². The zero-order valence-electron chi connectivity index (χ0n) is 9.10. The van der Waals surface area contributed by atoms with Gasteiger partial charge in [0.05, 0.1) is 19.8 Å². The summed E-state index contributed by atoms with van der Waals surface area (Å²) in [6.07, 6.45) is 2.92. The summed E-state index contributed by atoms with van der Waals surface area (Å²) in [4.78, 5) is 21.9. The molecule has 0 bridgehead atoms. The Morgan fingerprint density at radius 1 is 1.06 bits per heavy atom. The van der Waals surface area contributed by atoms with Gasteiger partial charge in [-0.2, -0.15) is 0 Å². The molecule has 0 heterocycles. The van der Waals surface area contributed by atoms with Gasteiger partial charge in [-0.25, -0.2) is 9.59 Å². The Labute approximate surface area is 93.5 Å². The summed E-state index contributed by atoms with van der Waals surface area (Å²) in [5.41, 5.74) is 1.27. The van der Waals surface area contributed by atoms with E-state index in [-0.39, 0.29) is 5.97 Å². The van der Waals surface area contributed by atoms with Gasteiger partial charge in [0, 0.05) is 6.08 Å². The standard InChI is InChI=1S/C12H12O4/c1-15-11(13)8-5-9-3-6-10(7-4-9)12(14)16-2/h3-8H,1-2H3/b8-5-. The molecule has 0 atom stereocenters. The quantitative estimate of drug-likeness (QED) is 0.574. The van der Waals surface area contributed by atoms with Crippen molar-refractivity contribution in [1.82, 2.24) is 0 Å². The van der Waals surface area contributed by atoms with Crippen LogP contribution in [0.2, 0.25) is 0 Å². The van der Waals surface area contributed by atoms with Crippen LogP contribution in [0.1, 0.15) is 15.9 Å². The molecule has 0 saturated heterocycles. The maximum atomic E-state index is 11.1. The number of ether oxygens (including phenoxy) is 2. The Morgan fingerprint density at radius 2 is 1.69 bits per heavy atom. The molecule has 0 unspecified atom stereocenters. The van der Waals surface area contributed by atoms with Crippen LogP contribution in [0.3, 0.4) is 0 Å². The van der Waals surface area contributed by atoms with Gasteiger partial charge in [0.15, 0.2) is 0 Å². The Balaban J connectivity index is 2.75. The Hall–Kier alpha value is -2.10. The van der Waals surface area contributed by atoms with E-state index in [1.165, 1.54) is 20.3 Å². The van der Waals surface area contributed by atoms with E-state index in [4.69, 9.17) is 0 Å². The maximum absolute atomic E-state index is 11.1. The first-order valence-electron chi connectivity index (χ1n) is 4.62. The number of methoxy groups -OCH3 is 2. The summed E-state index contributed by atoms with van der Waals surface area (Å²) in [6, 6.07) is 6.68. The second-order valence-corrected chi connectivity index (χ2v) is 2.97. The van der Waals surface area contributed by atoms with Crippen molar-refractivity contribution in [3.8, 4) is 0 Å². The first-order chi connectivity index (χ1) is 7.67. The third-order valence-corrected chi connectivity index (χ3v) is 1.94. The molecule has 1 rings (SSSR count). The minimum atomic E-state index is -0.419. The van der Waals surface area contributed by atoms with Crippen LogP contribution in [0.5, 0.6) is 0 Å². The normalized spacial score (nSPS) is 10.1. The van der Waals surface area contributed by atoms with Gasteiger partial charge in [-0.05, 0) is 23.8 Å². The van der Waals surface area contributed by atoms with Crippen LogP contribution in [0.4, 0.5) is 0 Å². The summed E-state index contributed by atoms with van der Waals surface area (Å²) in [5.74, 6) is -0.805. The molecular weight excluding hydrogens is 208 g/mol. The molecule has 1 aromatic carbocycles. The first-order valence-corrected chi connectivity index (χ1v) is 4.62. The highest BCUT2D eigenvalue weighted by molar-refractivity contribution is 5.90. The molecule has 0 amide bonds. The van der Waals surface area contributed by atoms with Crippen molar-refractivity contribution >= 4 is 18.0 Å². The Morgan fingerprint density at radius 3 is 2.19 bits per heavy atom. The van der Waals surface area contributed by atoms with Gasteiger partial charge in [-0.3, -0.25) is 0 Å². The number of carbonyl (C=O) groups excluding carboxylic acids is 2. The van der Waals surface area contributed by atoms with E-state index in [0.29, 0.717) is 5.56 Å². The zero-order chi connectivity index (χ0) is 12.0. The first kappa shape index (κ1) is 12.0. The molecule has 4 nitrogen and oxygen atoms in total. The van der Waals surface area contributed by atoms with Crippen molar-refractivity contribution in [2.75, 3.05) is 14.2 Å². The van der Waals surface area contributed by atoms with Gasteiger partial charge in [-0.1, -0.05) is 12.1 Å². The molecule has 0 aliphatic carbocycles. The largest absolute Gasteiger partial charge is 0.466 e. The fraction of sp³-hybridized carbons (Fsp3) is 0.167. The molecule has 16 heavy (non-hydrogen) atoms. The van der Waals surface area contributed by atoms with Gasteiger partial charge in [-0.15, -0.1) is 0 Å². The lowest BCUT2D eigenvalue weighted by Gasteiger charge is -1.99. The van der Waals surface area contributed by atoms with Gasteiger partial charge in [0.2, 0.25) is 0 Å². The van der Waals surface area contributed by atoms with E-state index < -0.39 is 5.97 Å². The van der Waals surface area contributed by atoms with Crippen molar-refractivity contribution < 1.29 is 19.1 Å². The van der Waals surface area contributed by atoms with Crippen molar-refractivity contribution in [3.63, 3.8) is 0 Å². The number of benzene rings is 1. The highest BCUT2D eigenvalue weighted by Gasteiger charge is 2.03. The molecule has 0 radical (unpaired) electrons. The Kier molecular flexibility index (Phi) is 4.27. The lowest BCUT2D eigenvalue weighted by Crippen LogP contribution is -2.00. The van der Waals surface area contributed by atoms with E-state index in [2.05, 4.69) is 9.47 Å². The van der Waals surface area contributed by atoms with Gasteiger partial charge in [0.25, 0.3) is 0 Å². The summed E-state index contributed by atoms with van der Waals surface area (Å²) in [7, 11) is 2.64. The number of esters is 2. The molecule has 1 aromatic rings. The van der Waals surface area contributed by atoms with Crippen LogP contribution < -0.4 is 0 Å². The van der Waals surface area contributed by atoms with Crippen LogP contribution in [-0.2, 0) is 14.3 Å². The maximum Gasteiger partial charge on any atom is 0.337 e. The second-order valence-electron chi connectivity index (χ2n) is 2.97. The van der Waals surface area contributed by atoms with Gasteiger partial charge in [0.1, 0.15) is 0 Å². The number of hydrogen-bond donors (Lipinski definition) is 0. The molecule has 0 fully saturated rings. The highest BCUT2D eigenvalue weighted by atomic mass is 16.5. The van der Waals surface area contributed by atoms with E-state index in [9.17, 15) is 9.59 Å². The molecule has 0 N–H and O–H groups in total. The minimum absolute atomic E-state index is 0.386. The minimum Gasteiger partial charge on any atom is -0.466 e. The molecule has 0 spiro atoms. The number of carbonyl (C=O) groups is 2. The molecule has 0 aliphatic rings. The predicted octanol–water partition coefficient (Wildman–Crippen LogP) is 1.66. The summed E-state index contributed by atoms with van der Waals surface area (Å²) in [6.45, 7) is 0. The zero-order valence-corrected chi connectivity index (χ0v) is 9.10. The molecular formula is C12H12O4. The summed E-state index contributed by atoms with van der Waals surface area (Å²) in [5, 5.41) is 0. The SMILES string of the molecule is COC(=O)/C=C\c1ccc(C(=O)OC)cc1. The van der Waals surface area contributed by atoms with E-state index >= 15 is 0 Å². The molecule has 0 aliphatic heterocycles. The fourth-order valence-corrected chi connectivity index (χ4v) is 1.08. The van der Waals surface area contributed by atoms with Crippen molar-refractivity contribution in [1.29, 1.82) is 0 Å².